The van der Waals surface area contributed by atoms with Gasteiger partial charge in [0.2, 0.25) is 0 Å². The number of carbonyl (C=O) groups is 1. The molecule has 0 aliphatic carbocycles. The van der Waals surface area contributed by atoms with Crippen LogP contribution >= 0.6 is 7.60 Å². The average molecular weight is 296 g/mol. The van der Waals surface area contributed by atoms with Gasteiger partial charge in [0.15, 0.2) is 5.16 Å². The molecular formula is C12H25O6P. The summed E-state index contributed by atoms with van der Waals surface area (Å²) in [7, 11) is -4.47. The molecule has 1 heterocycles. The number of carbonyl (C=O) groups excluding carboxylic acids is 1. The Bertz CT molecular complexity index is 296. The zero-order valence-corrected chi connectivity index (χ0v) is 12.8. The molecule has 19 heavy (non-hydrogen) atoms. The number of ether oxygens (including phenoxy) is 2. The minimum Gasteiger partial charge on any atom is -0.465 e. The largest absolute Gasteiger partial charge is 0.465 e. The van der Waals surface area contributed by atoms with Crippen molar-refractivity contribution in [2.45, 2.75) is 51.6 Å². The lowest BCUT2D eigenvalue weighted by Crippen LogP contribution is -2.38. The Kier molecular flexibility index (Phi) is 8.50. The van der Waals surface area contributed by atoms with E-state index in [4.69, 9.17) is 14.5 Å². The van der Waals surface area contributed by atoms with Gasteiger partial charge in [0.05, 0.1) is 6.61 Å². The van der Waals surface area contributed by atoms with Gasteiger partial charge < -0.3 is 19.3 Å². The quantitative estimate of drug-likeness (QED) is 0.596. The van der Waals surface area contributed by atoms with Gasteiger partial charge in [0.1, 0.15) is 0 Å². The molecule has 0 radical (unpaired) electrons. The number of rotatable bonds is 5. The first-order chi connectivity index (χ1) is 8.85. The zero-order valence-electron chi connectivity index (χ0n) is 11.9. The molecule has 1 saturated heterocycles. The van der Waals surface area contributed by atoms with Crippen LogP contribution in [0.3, 0.4) is 0 Å². The SMILES string of the molecule is C1CCOC1.CCOC(=O)C(CC)(CC)P(=O)(O)O. The van der Waals surface area contributed by atoms with E-state index in [9.17, 15) is 9.36 Å². The zero-order chi connectivity index (χ0) is 14.9. The predicted octanol–water partition coefficient (Wildman–Crippen LogP) is 2.08. The molecule has 114 valence electrons. The summed E-state index contributed by atoms with van der Waals surface area (Å²) in [6.45, 7) is 6.87. The summed E-state index contributed by atoms with van der Waals surface area (Å²) in [6.07, 6.45) is 2.71. The van der Waals surface area contributed by atoms with Crippen molar-refractivity contribution in [1.82, 2.24) is 0 Å². The van der Waals surface area contributed by atoms with Gasteiger partial charge in [0, 0.05) is 13.2 Å². The third-order valence-corrected chi connectivity index (χ3v) is 5.14. The average Bonchev–Trinajstić information content (AvgIpc) is 2.88. The topological polar surface area (TPSA) is 93.1 Å². The molecule has 0 aromatic carbocycles. The number of hydrogen-bond acceptors (Lipinski definition) is 4. The van der Waals surface area contributed by atoms with E-state index in [0.29, 0.717) is 0 Å². The smallest absolute Gasteiger partial charge is 0.342 e. The minimum atomic E-state index is -4.47. The normalized spacial score (nSPS) is 15.6. The Balaban J connectivity index is 0.000000532. The third kappa shape index (κ3) is 5.22. The molecule has 0 amide bonds. The molecule has 0 aromatic rings. The van der Waals surface area contributed by atoms with E-state index in [0.717, 1.165) is 13.2 Å². The van der Waals surface area contributed by atoms with Crippen molar-refractivity contribution in [1.29, 1.82) is 0 Å². The third-order valence-electron chi connectivity index (χ3n) is 3.21. The highest BCUT2D eigenvalue weighted by atomic mass is 31.2. The lowest BCUT2D eigenvalue weighted by molar-refractivity contribution is -0.147. The first-order valence-electron chi connectivity index (χ1n) is 6.66. The fraction of sp³-hybridized carbons (Fsp3) is 0.917. The molecule has 0 unspecified atom stereocenters. The standard InChI is InChI=1S/C8H17O5P.C4H8O/c1-4-8(5-2,14(10,11)12)7(9)13-6-3;1-2-4-5-3-1/h4-6H2,1-3H3,(H2,10,11,12);1-4H2. The van der Waals surface area contributed by atoms with E-state index < -0.39 is 18.7 Å². The van der Waals surface area contributed by atoms with Gasteiger partial charge in [-0.1, -0.05) is 13.8 Å². The molecule has 1 fully saturated rings. The van der Waals surface area contributed by atoms with Gasteiger partial charge in [-0.05, 0) is 32.6 Å². The summed E-state index contributed by atoms with van der Waals surface area (Å²) in [4.78, 5) is 29.7. The Hall–Kier alpha value is -0.420. The van der Waals surface area contributed by atoms with Gasteiger partial charge in [0.25, 0.3) is 0 Å². The van der Waals surface area contributed by atoms with Crippen LogP contribution in [0.4, 0.5) is 0 Å². The monoisotopic (exact) mass is 296 g/mol. The van der Waals surface area contributed by atoms with Crippen molar-refractivity contribution in [3.8, 4) is 0 Å². The first-order valence-corrected chi connectivity index (χ1v) is 8.27. The van der Waals surface area contributed by atoms with Crippen molar-refractivity contribution in [3.05, 3.63) is 0 Å². The highest BCUT2D eigenvalue weighted by Gasteiger charge is 2.51. The molecule has 1 aliphatic rings. The summed E-state index contributed by atoms with van der Waals surface area (Å²) in [5.74, 6) is -0.807. The van der Waals surface area contributed by atoms with Crippen LogP contribution < -0.4 is 0 Å². The molecule has 2 N–H and O–H groups in total. The van der Waals surface area contributed by atoms with Crippen LogP contribution in [-0.4, -0.2) is 40.7 Å². The molecule has 1 rings (SSSR count). The summed E-state index contributed by atoms with van der Waals surface area (Å²) in [5, 5.41) is -1.66. The van der Waals surface area contributed by atoms with E-state index >= 15 is 0 Å². The fourth-order valence-electron chi connectivity index (χ4n) is 1.85. The van der Waals surface area contributed by atoms with Crippen molar-refractivity contribution in [2.24, 2.45) is 0 Å². The second-order valence-electron chi connectivity index (χ2n) is 4.32. The predicted molar refractivity (Wildman–Crippen MR) is 72.0 cm³/mol. The van der Waals surface area contributed by atoms with Crippen molar-refractivity contribution in [2.75, 3.05) is 19.8 Å². The van der Waals surface area contributed by atoms with Crippen LogP contribution in [0.5, 0.6) is 0 Å². The Morgan fingerprint density at radius 1 is 1.21 bits per heavy atom. The van der Waals surface area contributed by atoms with Crippen LogP contribution in [0.2, 0.25) is 0 Å². The van der Waals surface area contributed by atoms with Gasteiger partial charge in [-0.3, -0.25) is 9.36 Å². The van der Waals surface area contributed by atoms with Gasteiger partial charge in [-0.15, -0.1) is 0 Å². The maximum absolute atomic E-state index is 11.5. The van der Waals surface area contributed by atoms with Crippen LogP contribution in [0.1, 0.15) is 46.5 Å². The Morgan fingerprint density at radius 3 is 1.89 bits per heavy atom. The maximum atomic E-state index is 11.5. The summed E-state index contributed by atoms with van der Waals surface area (Å²) in [5.41, 5.74) is 0. The van der Waals surface area contributed by atoms with Gasteiger partial charge in [-0.2, -0.15) is 0 Å². The van der Waals surface area contributed by atoms with E-state index in [1.807, 2.05) is 0 Å². The number of esters is 1. The van der Waals surface area contributed by atoms with Gasteiger partial charge in [-0.25, -0.2) is 0 Å². The van der Waals surface area contributed by atoms with Crippen LogP contribution in [0, 0.1) is 0 Å². The summed E-state index contributed by atoms with van der Waals surface area (Å²) >= 11 is 0. The van der Waals surface area contributed by atoms with E-state index in [2.05, 4.69) is 4.74 Å². The second kappa shape index (κ2) is 8.69. The molecule has 0 bridgehead atoms. The highest BCUT2D eigenvalue weighted by molar-refractivity contribution is 7.54. The molecule has 7 heteroatoms. The fourth-order valence-corrected chi connectivity index (χ4v) is 2.97. The first kappa shape index (κ1) is 18.6. The molecule has 0 atom stereocenters. The number of hydrogen-bond donors (Lipinski definition) is 2. The lowest BCUT2D eigenvalue weighted by atomic mass is 10.0. The van der Waals surface area contributed by atoms with E-state index in [-0.39, 0.29) is 19.4 Å². The highest BCUT2D eigenvalue weighted by Crippen LogP contribution is 2.55. The molecule has 0 spiro atoms. The van der Waals surface area contributed by atoms with Crippen LogP contribution in [0.25, 0.3) is 0 Å². The van der Waals surface area contributed by atoms with Crippen LogP contribution in [0.15, 0.2) is 0 Å². The second-order valence-corrected chi connectivity index (χ2v) is 6.27. The molecular weight excluding hydrogens is 271 g/mol. The van der Waals surface area contributed by atoms with Crippen LogP contribution in [-0.2, 0) is 18.8 Å². The van der Waals surface area contributed by atoms with Crippen molar-refractivity contribution in [3.63, 3.8) is 0 Å². The molecule has 1 aliphatic heterocycles. The summed E-state index contributed by atoms with van der Waals surface area (Å²) < 4.78 is 20.9. The summed E-state index contributed by atoms with van der Waals surface area (Å²) in [6, 6.07) is 0. The molecule has 6 nitrogen and oxygen atoms in total. The lowest BCUT2D eigenvalue weighted by Gasteiger charge is -2.29. The minimum absolute atomic E-state index is 0.0760. The Labute approximate surface area is 114 Å². The Morgan fingerprint density at radius 2 is 1.68 bits per heavy atom. The van der Waals surface area contributed by atoms with Crippen molar-refractivity contribution >= 4 is 13.6 Å². The maximum Gasteiger partial charge on any atom is 0.342 e. The van der Waals surface area contributed by atoms with E-state index in [1.54, 1.807) is 20.8 Å². The van der Waals surface area contributed by atoms with Crippen molar-refractivity contribution < 1.29 is 28.6 Å². The van der Waals surface area contributed by atoms with E-state index in [1.165, 1.54) is 12.8 Å². The molecule has 0 saturated carbocycles. The molecule has 0 aromatic heterocycles. The van der Waals surface area contributed by atoms with Gasteiger partial charge >= 0.3 is 13.6 Å².